The van der Waals surface area contributed by atoms with Crippen molar-refractivity contribution in [1.82, 2.24) is 20.2 Å². The molecule has 0 unspecified atom stereocenters. The number of aromatic nitrogens is 2. The van der Waals surface area contributed by atoms with E-state index in [0.717, 1.165) is 16.9 Å². The maximum atomic E-state index is 12.8. The molecule has 0 aliphatic carbocycles. The van der Waals surface area contributed by atoms with Crippen LogP contribution < -0.4 is 21.0 Å². The van der Waals surface area contributed by atoms with Crippen molar-refractivity contribution >= 4 is 28.7 Å². The summed E-state index contributed by atoms with van der Waals surface area (Å²) >= 11 is 0. The normalized spacial score (nSPS) is 12.9. The first kappa shape index (κ1) is 21.1. The van der Waals surface area contributed by atoms with Crippen molar-refractivity contribution in [2.45, 2.75) is 20.4 Å². The minimum absolute atomic E-state index is 0.0695. The maximum absolute atomic E-state index is 12.8. The number of carbonyl (C=O) groups excluding carboxylic acids is 2. The number of nitrogens with zero attached hydrogens (tertiary/aromatic N) is 3. The van der Waals surface area contributed by atoms with Crippen LogP contribution in [0.15, 0.2) is 47.4 Å². The highest BCUT2D eigenvalue weighted by atomic mass is 16.2. The summed E-state index contributed by atoms with van der Waals surface area (Å²) in [6.07, 6.45) is 1.55. The van der Waals surface area contributed by atoms with Crippen molar-refractivity contribution in [3.8, 4) is 11.8 Å². The fourth-order valence-corrected chi connectivity index (χ4v) is 3.57. The monoisotopic (exact) mass is 429 g/mol. The van der Waals surface area contributed by atoms with Crippen molar-refractivity contribution in [2.75, 3.05) is 24.5 Å². The Kier molecular flexibility index (Phi) is 5.90. The van der Waals surface area contributed by atoms with Gasteiger partial charge in [0.1, 0.15) is 11.2 Å². The topological polar surface area (TPSA) is 96.3 Å². The average Bonchev–Trinajstić information content (AvgIpc) is 3.23. The number of amides is 3. The van der Waals surface area contributed by atoms with Crippen LogP contribution in [0.3, 0.4) is 0 Å². The first-order chi connectivity index (χ1) is 15.5. The van der Waals surface area contributed by atoms with Crippen molar-refractivity contribution in [2.24, 2.45) is 0 Å². The van der Waals surface area contributed by atoms with Crippen LogP contribution >= 0.6 is 0 Å². The van der Waals surface area contributed by atoms with E-state index in [0.29, 0.717) is 30.7 Å². The second-order valence-corrected chi connectivity index (χ2v) is 7.40. The van der Waals surface area contributed by atoms with Crippen LogP contribution in [0, 0.1) is 18.8 Å². The maximum Gasteiger partial charge on any atom is 0.321 e. The number of benzene rings is 1. The summed E-state index contributed by atoms with van der Waals surface area (Å²) in [5, 5.41) is 5.87. The van der Waals surface area contributed by atoms with Crippen molar-refractivity contribution in [1.29, 1.82) is 0 Å². The van der Waals surface area contributed by atoms with Crippen molar-refractivity contribution in [3.05, 3.63) is 69.6 Å². The zero-order valence-electron chi connectivity index (χ0n) is 17.9. The highest BCUT2D eigenvalue weighted by Gasteiger charge is 2.20. The minimum Gasteiger partial charge on any atom is -0.341 e. The summed E-state index contributed by atoms with van der Waals surface area (Å²) in [4.78, 5) is 43.2. The summed E-state index contributed by atoms with van der Waals surface area (Å²) in [5.74, 6) is 5.41. The molecule has 1 aromatic carbocycles. The van der Waals surface area contributed by atoms with Crippen LogP contribution in [-0.4, -0.2) is 41.1 Å². The van der Waals surface area contributed by atoms with Gasteiger partial charge in [0.15, 0.2) is 0 Å². The number of urea groups is 1. The molecular weight excluding hydrogens is 406 g/mol. The molecule has 0 bridgehead atoms. The molecule has 162 valence electrons. The van der Waals surface area contributed by atoms with Gasteiger partial charge in [-0.25, -0.2) is 9.78 Å². The van der Waals surface area contributed by atoms with Crippen LogP contribution in [0.1, 0.15) is 28.5 Å². The van der Waals surface area contributed by atoms with Gasteiger partial charge in [0.2, 0.25) is 5.43 Å². The summed E-state index contributed by atoms with van der Waals surface area (Å²) in [5.41, 5.74) is 2.69. The van der Waals surface area contributed by atoms with Crippen LogP contribution in [0.2, 0.25) is 0 Å². The lowest BCUT2D eigenvalue weighted by atomic mass is 10.1. The molecule has 8 nitrogen and oxygen atoms in total. The molecule has 1 aliphatic heterocycles. The molecular formula is C24H23N5O3. The number of rotatable bonds is 4. The predicted octanol–water partition coefficient (Wildman–Crippen LogP) is 2.04. The van der Waals surface area contributed by atoms with Gasteiger partial charge in [0.25, 0.3) is 5.91 Å². The lowest BCUT2D eigenvalue weighted by Crippen LogP contribution is -2.30. The zero-order chi connectivity index (χ0) is 22.7. The third-order valence-corrected chi connectivity index (χ3v) is 5.25. The summed E-state index contributed by atoms with van der Waals surface area (Å²) < 4.78 is 1.80. The van der Waals surface area contributed by atoms with Gasteiger partial charge in [-0.3, -0.25) is 14.5 Å². The van der Waals surface area contributed by atoms with Gasteiger partial charge in [-0.1, -0.05) is 11.8 Å². The second kappa shape index (κ2) is 8.94. The molecule has 4 rings (SSSR count). The molecule has 1 saturated heterocycles. The van der Waals surface area contributed by atoms with Gasteiger partial charge < -0.3 is 15.2 Å². The van der Waals surface area contributed by atoms with E-state index in [9.17, 15) is 14.4 Å². The predicted molar refractivity (Wildman–Crippen MR) is 123 cm³/mol. The standard InChI is InChI=1S/C24H23N5O3/c1-3-28-15-20(21(30)19-11-6-16(2)27-22(19)28)23(31)25-12-4-5-17-7-9-18(10-8-17)29-14-13-26-24(29)32/h6-11,15H,3,12-14H2,1-2H3,(H,25,31)(H,26,32). The Morgan fingerprint density at radius 3 is 2.66 bits per heavy atom. The van der Waals surface area contributed by atoms with E-state index < -0.39 is 5.91 Å². The smallest absolute Gasteiger partial charge is 0.321 e. The number of nitrogens with one attached hydrogen (secondary N) is 2. The SMILES string of the molecule is CCn1cc(C(=O)NCC#Cc2ccc(N3CCNC3=O)cc2)c(=O)c2ccc(C)nc21. The third-order valence-electron chi connectivity index (χ3n) is 5.25. The van der Waals surface area contributed by atoms with Crippen molar-refractivity contribution < 1.29 is 9.59 Å². The number of anilines is 1. The Morgan fingerprint density at radius 2 is 1.97 bits per heavy atom. The fraction of sp³-hybridized carbons (Fsp3) is 0.250. The van der Waals surface area contributed by atoms with Crippen LogP contribution in [0.4, 0.5) is 10.5 Å². The molecule has 0 spiro atoms. The Hall–Kier alpha value is -4.12. The molecule has 0 atom stereocenters. The number of hydrogen-bond donors (Lipinski definition) is 2. The molecule has 3 amide bonds. The van der Waals surface area contributed by atoms with Crippen LogP contribution in [-0.2, 0) is 6.54 Å². The van der Waals surface area contributed by atoms with Gasteiger partial charge >= 0.3 is 6.03 Å². The molecule has 0 radical (unpaired) electrons. The molecule has 32 heavy (non-hydrogen) atoms. The van der Waals surface area contributed by atoms with Crippen molar-refractivity contribution in [3.63, 3.8) is 0 Å². The van der Waals surface area contributed by atoms with Crippen LogP contribution in [0.25, 0.3) is 11.0 Å². The molecule has 8 heteroatoms. The Balaban J connectivity index is 1.45. The van der Waals surface area contributed by atoms with Gasteiger partial charge in [-0.15, -0.1) is 0 Å². The zero-order valence-corrected chi connectivity index (χ0v) is 17.9. The van der Waals surface area contributed by atoms with E-state index in [1.165, 1.54) is 0 Å². The number of carbonyl (C=O) groups is 2. The summed E-state index contributed by atoms with van der Waals surface area (Å²) in [6, 6.07) is 10.7. The molecule has 1 aliphatic rings. The third kappa shape index (κ3) is 4.18. The van der Waals surface area contributed by atoms with E-state index in [1.807, 2.05) is 38.1 Å². The number of fused-ring (bicyclic) bond motifs is 1. The molecule has 3 aromatic rings. The molecule has 3 heterocycles. The van der Waals surface area contributed by atoms with E-state index >= 15 is 0 Å². The van der Waals surface area contributed by atoms with E-state index in [4.69, 9.17) is 0 Å². The Bertz CT molecular complexity index is 1320. The highest BCUT2D eigenvalue weighted by molar-refractivity contribution is 5.97. The molecule has 1 fully saturated rings. The summed E-state index contributed by atoms with van der Waals surface area (Å²) in [6.45, 7) is 5.76. The van der Waals surface area contributed by atoms with E-state index in [-0.39, 0.29) is 23.6 Å². The van der Waals surface area contributed by atoms with E-state index in [2.05, 4.69) is 27.5 Å². The highest BCUT2D eigenvalue weighted by Crippen LogP contribution is 2.16. The largest absolute Gasteiger partial charge is 0.341 e. The summed E-state index contributed by atoms with van der Waals surface area (Å²) in [7, 11) is 0. The van der Waals surface area contributed by atoms with Crippen LogP contribution in [0.5, 0.6) is 0 Å². The molecule has 2 aromatic heterocycles. The van der Waals surface area contributed by atoms with Gasteiger partial charge in [-0.05, 0) is 50.2 Å². The Morgan fingerprint density at radius 1 is 1.19 bits per heavy atom. The quantitative estimate of drug-likeness (QED) is 0.621. The lowest BCUT2D eigenvalue weighted by molar-refractivity contribution is 0.0957. The van der Waals surface area contributed by atoms with E-state index in [1.54, 1.807) is 27.8 Å². The number of hydrogen-bond acceptors (Lipinski definition) is 4. The molecule has 0 saturated carbocycles. The molecule has 2 N–H and O–H groups in total. The Labute approximate surface area is 185 Å². The first-order valence-electron chi connectivity index (χ1n) is 10.4. The number of pyridine rings is 2. The lowest BCUT2D eigenvalue weighted by Gasteiger charge is -2.13. The van der Waals surface area contributed by atoms with Gasteiger partial charge in [0.05, 0.1) is 11.9 Å². The van der Waals surface area contributed by atoms with Gasteiger partial charge in [-0.2, -0.15) is 0 Å². The van der Waals surface area contributed by atoms with Gasteiger partial charge in [0, 0.05) is 42.8 Å². The second-order valence-electron chi connectivity index (χ2n) is 7.40. The number of aryl methyl sites for hydroxylation is 2. The average molecular weight is 429 g/mol. The minimum atomic E-state index is -0.468. The first-order valence-corrected chi connectivity index (χ1v) is 10.4. The fourth-order valence-electron chi connectivity index (χ4n) is 3.57.